The first kappa shape index (κ1) is 18.7. The average Bonchev–Trinajstić information content (AvgIpc) is 2.89. The molecule has 0 fully saturated rings. The normalized spacial score (nSPS) is 15.9. The minimum atomic E-state index is -0.375. The number of nitrogens with zero attached hydrogens (tertiary/aromatic N) is 1. The first-order chi connectivity index (χ1) is 14.1. The van der Waals surface area contributed by atoms with Gasteiger partial charge in [0.2, 0.25) is 5.91 Å². The van der Waals surface area contributed by atoms with Gasteiger partial charge in [0, 0.05) is 16.8 Å². The Morgan fingerprint density at radius 3 is 2.45 bits per heavy atom. The highest BCUT2D eigenvalue weighted by molar-refractivity contribution is 6.01. The molecule has 2 amide bonds. The molecule has 1 aliphatic rings. The van der Waals surface area contributed by atoms with Crippen LogP contribution in [0.15, 0.2) is 72.8 Å². The quantitative estimate of drug-likeness (QED) is 0.734. The van der Waals surface area contributed by atoms with Crippen molar-refractivity contribution >= 4 is 17.5 Å². The van der Waals surface area contributed by atoms with E-state index in [4.69, 9.17) is 4.74 Å². The molecule has 29 heavy (non-hydrogen) atoms. The number of carbonyl (C=O) groups excluding carboxylic acids is 2. The Bertz CT molecular complexity index is 1050. The molecule has 1 N–H and O–H groups in total. The molecule has 146 valence electrons. The number of anilines is 1. The van der Waals surface area contributed by atoms with Crippen molar-refractivity contribution in [2.75, 3.05) is 19.0 Å². The van der Waals surface area contributed by atoms with Crippen LogP contribution in [0.3, 0.4) is 0 Å². The first-order valence-corrected chi connectivity index (χ1v) is 9.47. The van der Waals surface area contributed by atoms with Gasteiger partial charge >= 0.3 is 0 Å². The van der Waals surface area contributed by atoms with Gasteiger partial charge in [-0.25, -0.2) is 0 Å². The third-order valence-corrected chi connectivity index (χ3v) is 5.11. The topological polar surface area (TPSA) is 58.6 Å². The van der Waals surface area contributed by atoms with E-state index in [1.807, 2.05) is 55.5 Å². The summed E-state index contributed by atoms with van der Waals surface area (Å²) in [6.07, 6.45) is 0. The fourth-order valence-corrected chi connectivity index (χ4v) is 3.71. The van der Waals surface area contributed by atoms with Crippen LogP contribution in [0.5, 0.6) is 5.75 Å². The zero-order valence-corrected chi connectivity index (χ0v) is 16.4. The van der Waals surface area contributed by atoms with E-state index in [-0.39, 0.29) is 24.4 Å². The van der Waals surface area contributed by atoms with E-state index in [9.17, 15) is 9.59 Å². The van der Waals surface area contributed by atoms with Crippen LogP contribution in [0.4, 0.5) is 5.69 Å². The van der Waals surface area contributed by atoms with E-state index < -0.39 is 0 Å². The van der Waals surface area contributed by atoms with Crippen LogP contribution in [-0.4, -0.2) is 30.4 Å². The molecule has 1 aliphatic heterocycles. The molecule has 3 aromatic carbocycles. The van der Waals surface area contributed by atoms with Crippen molar-refractivity contribution in [1.29, 1.82) is 0 Å². The van der Waals surface area contributed by atoms with Crippen molar-refractivity contribution in [2.45, 2.75) is 13.0 Å². The predicted octanol–water partition coefficient (Wildman–Crippen LogP) is 4.19. The number of rotatable bonds is 3. The lowest BCUT2D eigenvalue weighted by molar-refractivity contribution is -0.117. The van der Waals surface area contributed by atoms with E-state index in [0.29, 0.717) is 11.3 Å². The van der Waals surface area contributed by atoms with Crippen LogP contribution < -0.4 is 10.1 Å². The van der Waals surface area contributed by atoms with Crippen molar-refractivity contribution in [3.05, 3.63) is 95.1 Å². The summed E-state index contributed by atoms with van der Waals surface area (Å²) in [4.78, 5) is 27.7. The summed E-state index contributed by atoms with van der Waals surface area (Å²) in [5.74, 6) is 0.261. The monoisotopic (exact) mass is 386 g/mol. The van der Waals surface area contributed by atoms with Gasteiger partial charge in [-0.1, -0.05) is 48.0 Å². The van der Waals surface area contributed by atoms with E-state index in [1.54, 1.807) is 36.3 Å². The number of aryl methyl sites for hydroxylation is 1. The molecule has 0 bridgehead atoms. The maximum atomic E-state index is 13.5. The number of hydrogen-bond donors (Lipinski definition) is 1. The van der Waals surface area contributed by atoms with Gasteiger partial charge in [0.15, 0.2) is 0 Å². The number of fused-ring (bicyclic) bond motifs is 1. The second-order valence-electron chi connectivity index (χ2n) is 7.11. The Morgan fingerprint density at radius 1 is 1.03 bits per heavy atom. The minimum Gasteiger partial charge on any atom is -0.497 e. The van der Waals surface area contributed by atoms with Gasteiger partial charge in [0.1, 0.15) is 12.3 Å². The summed E-state index contributed by atoms with van der Waals surface area (Å²) in [6, 6.07) is 22.3. The number of amides is 2. The van der Waals surface area contributed by atoms with Crippen molar-refractivity contribution in [1.82, 2.24) is 4.90 Å². The molecule has 0 aromatic heterocycles. The van der Waals surface area contributed by atoms with Crippen LogP contribution in [0.1, 0.15) is 33.1 Å². The Kier molecular flexibility index (Phi) is 5.04. The summed E-state index contributed by atoms with van der Waals surface area (Å²) in [7, 11) is 1.58. The highest BCUT2D eigenvalue weighted by atomic mass is 16.5. The molecule has 5 nitrogen and oxygen atoms in total. The van der Waals surface area contributed by atoms with Crippen molar-refractivity contribution in [3.8, 4) is 5.75 Å². The maximum absolute atomic E-state index is 13.5. The molecule has 1 heterocycles. The van der Waals surface area contributed by atoms with Crippen LogP contribution in [0.2, 0.25) is 0 Å². The van der Waals surface area contributed by atoms with Crippen molar-refractivity contribution in [2.24, 2.45) is 0 Å². The van der Waals surface area contributed by atoms with E-state index in [1.165, 1.54) is 0 Å². The second-order valence-corrected chi connectivity index (χ2v) is 7.11. The van der Waals surface area contributed by atoms with Crippen LogP contribution in [-0.2, 0) is 4.79 Å². The van der Waals surface area contributed by atoms with E-state index >= 15 is 0 Å². The highest BCUT2D eigenvalue weighted by Gasteiger charge is 2.33. The lowest BCUT2D eigenvalue weighted by atomic mass is 9.94. The summed E-state index contributed by atoms with van der Waals surface area (Å²) in [5, 5.41) is 2.95. The SMILES string of the molecule is COc1ccc(C(=O)N2CC(=O)Nc3ccc(C)cc3[C@H]2c2ccccc2)cc1. The predicted molar refractivity (Wildman–Crippen MR) is 112 cm³/mol. The number of ether oxygens (including phenoxy) is 1. The molecule has 0 saturated heterocycles. The van der Waals surface area contributed by atoms with Gasteiger partial charge in [0.25, 0.3) is 5.91 Å². The maximum Gasteiger partial charge on any atom is 0.255 e. The molecule has 0 radical (unpaired) electrons. The molecule has 0 aliphatic carbocycles. The Labute approximate surface area is 169 Å². The Hall–Kier alpha value is -3.60. The van der Waals surface area contributed by atoms with Gasteiger partial charge in [-0.15, -0.1) is 0 Å². The van der Waals surface area contributed by atoms with E-state index in [2.05, 4.69) is 5.32 Å². The average molecular weight is 386 g/mol. The van der Waals surface area contributed by atoms with Crippen molar-refractivity contribution in [3.63, 3.8) is 0 Å². The van der Waals surface area contributed by atoms with Gasteiger partial charge < -0.3 is 15.0 Å². The fraction of sp³-hybridized carbons (Fsp3) is 0.167. The van der Waals surface area contributed by atoms with E-state index in [0.717, 1.165) is 22.4 Å². The van der Waals surface area contributed by atoms with Gasteiger partial charge in [-0.3, -0.25) is 9.59 Å². The standard InChI is InChI=1S/C24H22N2O3/c1-16-8-13-21-20(14-16)23(17-6-4-3-5-7-17)26(15-22(27)25-21)24(28)18-9-11-19(29-2)12-10-18/h3-14,23H,15H2,1-2H3,(H,25,27)/t23-/m1/s1. The summed E-state index contributed by atoms with van der Waals surface area (Å²) < 4.78 is 5.19. The van der Waals surface area contributed by atoms with Crippen molar-refractivity contribution < 1.29 is 14.3 Å². The summed E-state index contributed by atoms with van der Waals surface area (Å²) >= 11 is 0. The lowest BCUT2D eigenvalue weighted by Gasteiger charge is -2.31. The molecule has 0 unspecified atom stereocenters. The number of benzene rings is 3. The fourth-order valence-electron chi connectivity index (χ4n) is 3.71. The highest BCUT2D eigenvalue weighted by Crippen LogP contribution is 2.37. The van der Waals surface area contributed by atoms with Gasteiger partial charge in [0.05, 0.1) is 13.2 Å². The number of hydrogen-bond acceptors (Lipinski definition) is 3. The molecule has 3 aromatic rings. The second kappa shape index (κ2) is 7.80. The Balaban J connectivity index is 1.85. The molecule has 5 heteroatoms. The molecule has 0 saturated carbocycles. The first-order valence-electron chi connectivity index (χ1n) is 9.47. The third-order valence-electron chi connectivity index (χ3n) is 5.11. The molecular weight excluding hydrogens is 364 g/mol. The third kappa shape index (κ3) is 3.72. The molecular formula is C24H22N2O3. The number of nitrogens with one attached hydrogen (secondary N) is 1. The van der Waals surface area contributed by atoms with Gasteiger partial charge in [-0.05, 0) is 42.8 Å². The smallest absolute Gasteiger partial charge is 0.255 e. The zero-order chi connectivity index (χ0) is 20.4. The number of carbonyl (C=O) groups is 2. The number of methoxy groups -OCH3 is 1. The largest absolute Gasteiger partial charge is 0.497 e. The van der Waals surface area contributed by atoms with Crippen LogP contribution >= 0.6 is 0 Å². The zero-order valence-electron chi connectivity index (χ0n) is 16.4. The molecule has 0 spiro atoms. The van der Waals surface area contributed by atoms with Crippen LogP contribution in [0.25, 0.3) is 0 Å². The molecule has 1 atom stereocenters. The van der Waals surface area contributed by atoms with Crippen LogP contribution in [0, 0.1) is 6.92 Å². The summed E-state index contributed by atoms with van der Waals surface area (Å²) in [5.41, 5.74) is 4.18. The Morgan fingerprint density at radius 2 is 1.76 bits per heavy atom. The molecule has 4 rings (SSSR count). The summed E-state index contributed by atoms with van der Waals surface area (Å²) in [6.45, 7) is 1.98. The minimum absolute atomic E-state index is 0.0296. The lowest BCUT2D eigenvalue weighted by Crippen LogP contribution is -2.39. The van der Waals surface area contributed by atoms with Gasteiger partial charge in [-0.2, -0.15) is 0 Å².